The SMILES string of the molecule is OCC1(CSc2ccc(-c3ccccc3)cc2)COC1. The van der Waals surface area contributed by atoms with E-state index < -0.39 is 0 Å². The second-order valence-electron chi connectivity index (χ2n) is 5.33. The zero-order chi connectivity index (χ0) is 13.8. The van der Waals surface area contributed by atoms with Crippen LogP contribution < -0.4 is 0 Å². The molecule has 1 aliphatic heterocycles. The summed E-state index contributed by atoms with van der Waals surface area (Å²) in [5, 5.41) is 9.41. The van der Waals surface area contributed by atoms with Gasteiger partial charge in [-0.25, -0.2) is 0 Å². The molecule has 20 heavy (non-hydrogen) atoms. The third-order valence-electron chi connectivity index (χ3n) is 3.66. The van der Waals surface area contributed by atoms with E-state index >= 15 is 0 Å². The monoisotopic (exact) mass is 286 g/mol. The van der Waals surface area contributed by atoms with Crippen molar-refractivity contribution >= 4 is 11.8 Å². The number of thioether (sulfide) groups is 1. The average molecular weight is 286 g/mol. The molecule has 0 saturated carbocycles. The van der Waals surface area contributed by atoms with E-state index in [-0.39, 0.29) is 12.0 Å². The lowest BCUT2D eigenvalue weighted by molar-refractivity contribution is -0.121. The molecule has 0 atom stereocenters. The van der Waals surface area contributed by atoms with Gasteiger partial charge in [-0.15, -0.1) is 11.8 Å². The molecule has 2 aromatic rings. The standard InChI is InChI=1S/C17H18O2S/c18-10-17(11-19-12-17)13-20-16-8-6-15(7-9-16)14-4-2-1-3-5-14/h1-9,18H,10-13H2. The van der Waals surface area contributed by atoms with Gasteiger partial charge >= 0.3 is 0 Å². The van der Waals surface area contributed by atoms with E-state index in [9.17, 15) is 5.11 Å². The minimum atomic E-state index is -0.0250. The normalized spacial score (nSPS) is 16.6. The molecular formula is C17H18O2S. The summed E-state index contributed by atoms with van der Waals surface area (Å²) in [7, 11) is 0. The van der Waals surface area contributed by atoms with Gasteiger partial charge < -0.3 is 9.84 Å². The fourth-order valence-corrected chi connectivity index (χ4v) is 3.28. The van der Waals surface area contributed by atoms with E-state index in [1.54, 1.807) is 11.8 Å². The van der Waals surface area contributed by atoms with Crippen LogP contribution in [0.25, 0.3) is 11.1 Å². The Morgan fingerprint density at radius 1 is 0.950 bits per heavy atom. The molecule has 0 aliphatic carbocycles. The van der Waals surface area contributed by atoms with Crippen LogP contribution in [0.5, 0.6) is 0 Å². The Balaban J connectivity index is 1.65. The minimum Gasteiger partial charge on any atom is -0.396 e. The molecule has 0 spiro atoms. The quantitative estimate of drug-likeness (QED) is 0.854. The van der Waals surface area contributed by atoms with Gasteiger partial charge in [0, 0.05) is 16.1 Å². The van der Waals surface area contributed by atoms with Crippen molar-refractivity contribution in [3.05, 3.63) is 54.6 Å². The Morgan fingerprint density at radius 2 is 1.60 bits per heavy atom. The van der Waals surface area contributed by atoms with Gasteiger partial charge in [-0.3, -0.25) is 0 Å². The average Bonchev–Trinajstić information content (AvgIpc) is 2.48. The number of hydrogen-bond donors (Lipinski definition) is 1. The zero-order valence-corrected chi connectivity index (χ0v) is 12.1. The summed E-state index contributed by atoms with van der Waals surface area (Å²) in [6.45, 7) is 1.57. The molecule has 1 saturated heterocycles. The maximum atomic E-state index is 9.41. The molecule has 3 rings (SSSR count). The molecule has 3 heteroatoms. The second-order valence-corrected chi connectivity index (χ2v) is 6.38. The third-order valence-corrected chi connectivity index (χ3v) is 5.02. The van der Waals surface area contributed by atoms with Crippen LogP contribution in [-0.4, -0.2) is 30.7 Å². The van der Waals surface area contributed by atoms with Crippen molar-refractivity contribution in [1.82, 2.24) is 0 Å². The van der Waals surface area contributed by atoms with Crippen LogP contribution in [0.15, 0.2) is 59.5 Å². The summed E-state index contributed by atoms with van der Waals surface area (Å²) in [5.74, 6) is 0.911. The molecule has 2 aromatic carbocycles. The molecule has 2 nitrogen and oxygen atoms in total. The van der Waals surface area contributed by atoms with Gasteiger partial charge in [0.25, 0.3) is 0 Å². The molecule has 1 N–H and O–H groups in total. The van der Waals surface area contributed by atoms with E-state index in [0.29, 0.717) is 13.2 Å². The maximum absolute atomic E-state index is 9.41. The van der Waals surface area contributed by atoms with Gasteiger partial charge in [0.15, 0.2) is 0 Å². The van der Waals surface area contributed by atoms with Crippen LogP contribution in [0, 0.1) is 5.41 Å². The number of hydrogen-bond acceptors (Lipinski definition) is 3. The second kappa shape index (κ2) is 6.00. The number of rotatable bonds is 5. The number of ether oxygens (including phenoxy) is 1. The van der Waals surface area contributed by atoms with Crippen LogP contribution in [-0.2, 0) is 4.74 Å². The number of benzene rings is 2. The third kappa shape index (κ3) is 2.90. The van der Waals surface area contributed by atoms with Crippen molar-refractivity contribution in [2.45, 2.75) is 4.90 Å². The predicted octanol–water partition coefficient (Wildman–Crippen LogP) is 3.45. The molecule has 1 fully saturated rings. The van der Waals surface area contributed by atoms with Crippen molar-refractivity contribution in [2.24, 2.45) is 5.41 Å². The van der Waals surface area contributed by atoms with Crippen LogP contribution >= 0.6 is 11.8 Å². The van der Waals surface area contributed by atoms with E-state index in [4.69, 9.17) is 4.74 Å². The Hall–Kier alpha value is -1.29. The summed E-state index contributed by atoms with van der Waals surface area (Å²) in [6.07, 6.45) is 0. The highest BCUT2D eigenvalue weighted by Gasteiger charge is 2.37. The first-order valence-electron chi connectivity index (χ1n) is 6.78. The summed E-state index contributed by atoms with van der Waals surface area (Å²) in [5.41, 5.74) is 2.45. The highest BCUT2D eigenvalue weighted by molar-refractivity contribution is 7.99. The van der Waals surface area contributed by atoms with Crippen LogP contribution in [0.3, 0.4) is 0 Å². The first-order chi connectivity index (χ1) is 9.81. The Morgan fingerprint density at radius 3 is 2.15 bits per heavy atom. The molecule has 0 aromatic heterocycles. The number of aliphatic hydroxyl groups excluding tert-OH is 1. The lowest BCUT2D eigenvalue weighted by atomic mass is 9.90. The van der Waals surface area contributed by atoms with Crippen molar-refractivity contribution < 1.29 is 9.84 Å². The Labute approximate surface area is 123 Å². The largest absolute Gasteiger partial charge is 0.396 e. The number of aliphatic hydroxyl groups is 1. The first kappa shape index (κ1) is 13.7. The zero-order valence-electron chi connectivity index (χ0n) is 11.3. The minimum absolute atomic E-state index is 0.0250. The van der Waals surface area contributed by atoms with E-state index in [2.05, 4.69) is 48.5 Å². The van der Waals surface area contributed by atoms with Gasteiger partial charge in [0.2, 0.25) is 0 Å². The Kier molecular flexibility index (Phi) is 4.10. The molecule has 0 unspecified atom stereocenters. The van der Waals surface area contributed by atoms with Crippen LogP contribution in [0.4, 0.5) is 0 Å². The highest BCUT2D eigenvalue weighted by atomic mass is 32.2. The topological polar surface area (TPSA) is 29.5 Å². The van der Waals surface area contributed by atoms with Crippen molar-refractivity contribution in [1.29, 1.82) is 0 Å². The lowest BCUT2D eigenvalue weighted by Gasteiger charge is -2.39. The van der Waals surface area contributed by atoms with E-state index in [1.165, 1.54) is 16.0 Å². The van der Waals surface area contributed by atoms with E-state index in [0.717, 1.165) is 5.75 Å². The predicted molar refractivity (Wildman–Crippen MR) is 82.9 cm³/mol. The van der Waals surface area contributed by atoms with Crippen LogP contribution in [0.2, 0.25) is 0 Å². The molecule has 104 valence electrons. The molecule has 1 aliphatic rings. The van der Waals surface area contributed by atoms with Gasteiger partial charge in [0.1, 0.15) is 0 Å². The smallest absolute Gasteiger partial charge is 0.0575 e. The van der Waals surface area contributed by atoms with Gasteiger partial charge in [0.05, 0.1) is 19.8 Å². The molecular weight excluding hydrogens is 268 g/mol. The molecule has 0 radical (unpaired) electrons. The fraction of sp³-hybridized carbons (Fsp3) is 0.294. The molecule has 0 amide bonds. The van der Waals surface area contributed by atoms with Gasteiger partial charge in [-0.05, 0) is 23.3 Å². The van der Waals surface area contributed by atoms with Crippen molar-refractivity contribution in [3.63, 3.8) is 0 Å². The lowest BCUT2D eigenvalue weighted by Crippen LogP contribution is -2.47. The highest BCUT2D eigenvalue weighted by Crippen LogP contribution is 2.34. The van der Waals surface area contributed by atoms with Gasteiger partial charge in [-0.2, -0.15) is 0 Å². The summed E-state index contributed by atoms with van der Waals surface area (Å²) >= 11 is 1.79. The summed E-state index contributed by atoms with van der Waals surface area (Å²) in [4.78, 5) is 1.24. The van der Waals surface area contributed by atoms with Crippen molar-refractivity contribution in [3.8, 4) is 11.1 Å². The van der Waals surface area contributed by atoms with Crippen molar-refractivity contribution in [2.75, 3.05) is 25.6 Å². The Bertz CT molecular complexity index is 541. The fourth-order valence-electron chi connectivity index (χ4n) is 2.22. The maximum Gasteiger partial charge on any atom is 0.0575 e. The van der Waals surface area contributed by atoms with E-state index in [1.807, 2.05) is 6.07 Å². The first-order valence-corrected chi connectivity index (χ1v) is 7.77. The summed E-state index contributed by atoms with van der Waals surface area (Å²) in [6, 6.07) is 19.0. The molecule has 1 heterocycles. The van der Waals surface area contributed by atoms with Gasteiger partial charge in [-0.1, -0.05) is 42.5 Å². The molecule has 0 bridgehead atoms. The van der Waals surface area contributed by atoms with Crippen LogP contribution in [0.1, 0.15) is 0 Å². The summed E-state index contributed by atoms with van der Waals surface area (Å²) < 4.78 is 5.22.